The van der Waals surface area contributed by atoms with Gasteiger partial charge in [0.1, 0.15) is 0 Å². The number of nitrogens with one attached hydrogen (secondary N) is 1. The molecule has 19 heavy (non-hydrogen) atoms. The minimum absolute atomic E-state index is 0.0272. The van der Waals surface area contributed by atoms with Gasteiger partial charge in [0.2, 0.25) is 11.8 Å². The highest BCUT2D eigenvalue weighted by molar-refractivity contribution is 7.98. The van der Waals surface area contributed by atoms with Gasteiger partial charge in [-0.15, -0.1) is 0 Å². The van der Waals surface area contributed by atoms with Crippen LogP contribution in [-0.4, -0.2) is 42.3 Å². The highest BCUT2D eigenvalue weighted by Gasteiger charge is 2.12. The average molecular weight is 301 g/mol. The molecule has 0 aliphatic heterocycles. The summed E-state index contributed by atoms with van der Waals surface area (Å²) in [5.41, 5.74) is 0.666. The lowest BCUT2D eigenvalue weighted by Crippen LogP contribution is -2.35. The maximum Gasteiger partial charge on any atom is 0.243 e. The second kappa shape index (κ2) is 8.07. The summed E-state index contributed by atoms with van der Waals surface area (Å²) >= 11 is 7.36. The first-order valence-electron chi connectivity index (χ1n) is 5.81. The molecular weight excluding hydrogens is 284 g/mol. The van der Waals surface area contributed by atoms with Crippen LogP contribution in [0.15, 0.2) is 24.3 Å². The number of hydrogen-bond donors (Lipinski definition) is 1. The molecule has 4 nitrogen and oxygen atoms in total. The van der Waals surface area contributed by atoms with Crippen LogP contribution in [0.1, 0.15) is 6.42 Å². The smallest absolute Gasteiger partial charge is 0.243 e. The van der Waals surface area contributed by atoms with Gasteiger partial charge in [-0.3, -0.25) is 9.59 Å². The van der Waals surface area contributed by atoms with Gasteiger partial charge in [-0.25, -0.2) is 0 Å². The van der Waals surface area contributed by atoms with Gasteiger partial charge in [-0.05, 0) is 30.5 Å². The number of carbonyl (C=O) groups excluding carboxylic acids is 2. The molecule has 1 aromatic rings. The Kier molecular flexibility index (Phi) is 6.73. The molecule has 2 amide bonds. The van der Waals surface area contributed by atoms with Gasteiger partial charge in [0, 0.05) is 29.9 Å². The van der Waals surface area contributed by atoms with Crippen molar-refractivity contribution in [2.75, 3.05) is 30.9 Å². The molecule has 0 aliphatic carbocycles. The zero-order chi connectivity index (χ0) is 14.3. The molecule has 0 spiro atoms. The monoisotopic (exact) mass is 300 g/mol. The topological polar surface area (TPSA) is 49.4 Å². The Hall–Kier alpha value is -1.20. The van der Waals surface area contributed by atoms with E-state index >= 15 is 0 Å². The molecule has 0 saturated heterocycles. The van der Waals surface area contributed by atoms with E-state index in [9.17, 15) is 9.59 Å². The van der Waals surface area contributed by atoms with E-state index in [0.717, 1.165) is 5.75 Å². The SMILES string of the molecule is CSCCC(=O)N(C)CC(=O)Nc1ccc(Cl)cc1. The second-order valence-corrected chi connectivity index (χ2v) is 5.47. The van der Waals surface area contributed by atoms with E-state index in [-0.39, 0.29) is 18.4 Å². The fourth-order valence-corrected chi connectivity index (χ4v) is 1.92. The first-order chi connectivity index (χ1) is 9.02. The van der Waals surface area contributed by atoms with Crippen molar-refractivity contribution in [3.8, 4) is 0 Å². The molecule has 0 fully saturated rings. The van der Waals surface area contributed by atoms with Gasteiger partial charge in [0.05, 0.1) is 6.54 Å². The zero-order valence-electron chi connectivity index (χ0n) is 11.0. The molecule has 1 aromatic carbocycles. The Labute approximate surface area is 122 Å². The molecule has 0 aromatic heterocycles. The van der Waals surface area contributed by atoms with Crippen LogP contribution in [0.25, 0.3) is 0 Å². The molecule has 0 heterocycles. The zero-order valence-corrected chi connectivity index (χ0v) is 12.6. The quantitative estimate of drug-likeness (QED) is 0.878. The second-order valence-electron chi connectivity index (χ2n) is 4.05. The van der Waals surface area contributed by atoms with E-state index in [2.05, 4.69) is 5.32 Å². The highest BCUT2D eigenvalue weighted by atomic mass is 35.5. The van der Waals surface area contributed by atoms with Crippen LogP contribution >= 0.6 is 23.4 Å². The number of halogens is 1. The number of amides is 2. The molecule has 0 saturated carbocycles. The Morgan fingerprint density at radius 1 is 1.32 bits per heavy atom. The number of carbonyl (C=O) groups is 2. The van der Waals surface area contributed by atoms with Crippen LogP contribution < -0.4 is 5.32 Å². The van der Waals surface area contributed by atoms with Gasteiger partial charge in [0.15, 0.2) is 0 Å². The van der Waals surface area contributed by atoms with Crippen molar-refractivity contribution < 1.29 is 9.59 Å². The lowest BCUT2D eigenvalue weighted by molar-refractivity contribution is -0.132. The predicted molar refractivity (Wildman–Crippen MR) is 80.7 cm³/mol. The van der Waals surface area contributed by atoms with Crippen LogP contribution in [0, 0.1) is 0 Å². The normalized spacial score (nSPS) is 10.1. The Morgan fingerprint density at radius 2 is 1.95 bits per heavy atom. The Balaban J connectivity index is 2.42. The van der Waals surface area contributed by atoms with Gasteiger partial charge in [-0.2, -0.15) is 11.8 Å². The number of hydrogen-bond acceptors (Lipinski definition) is 3. The van der Waals surface area contributed by atoms with Crippen molar-refractivity contribution in [2.45, 2.75) is 6.42 Å². The number of likely N-dealkylation sites (N-methyl/N-ethyl adjacent to an activating group) is 1. The fourth-order valence-electron chi connectivity index (χ4n) is 1.42. The summed E-state index contributed by atoms with van der Waals surface area (Å²) in [5.74, 6) is 0.519. The third kappa shape index (κ3) is 5.98. The van der Waals surface area contributed by atoms with Crippen molar-refractivity contribution in [2.24, 2.45) is 0 Å². The van der Waals surface area contributed by atoms with Crippen LogP contribution in [0.2, 0.25) is 5.02 Å². The molecule has 104 valence electrons. The highest BCUT2D eigenvalue weighted by Crippen LogP contribution is 2.13. The summed E-state index contributed by atoms with van der Waals surface area (Å²) in [4.78, 5) is 24.8. The van der Waals surface area contributed by atoms with E-state index in [1.807, 2.05) is 6.26 Å². The van der Waals surface area contributed by atoms with Crippen molar-refractivity contribution in [3.63, 3.8) is 0 Å². The number of benzene rings is 1. The van der Waals surface area contributed by atoms with E-state index in [1.165, 1.54) is 4.90 Å². The minimum Gasteiger partial charge on any atom is -0.336 e. The molecule has 1 N–H and O–H groups in total. The van der Waals surface area contributed by atoms with E-state index < -0.39 is 0 Å². The third-order valence-corrected chi connectivity index (χ3v) is 3.32. The van der Waals surface area contributed by atoms with Crippen molar-refractivity contribution >= 4 is 40.9 Å². The molecule has 1 rings (SSSR count). The molecule has 0 atom stereocenters. The Morgan fingerprint density at radius 3 is 2.53 bits per heavy atom. The number of nitrogens with zero attached hydrogens (tertiary/aromatic N) is 1. The van der Waals surface area contributed by atoms with Crippen LogP contribution in [-0.2, 0) is 9.59 Å². The van der Waals surface area contributed by atoms with Gasteiger partial charge in [0.25, 0.3) is 0 Å². The summed E-state index contributed by atoms with van der Waals surface area (Å²) < 4.78 is 0. The van der Waals surface area contributed by atoms with Gasteiger partial charge < -0.3 is 10.2 Å². The molecule has 0 bridgehead atoms. The lowest BCUT2D eigenvalue weighted by atomic mass is 10.3. The summed E-state index contributed by atoms with van der Waals surface area (Å²) in [7, 11) is 1.63. The summed E-state index contributed by atoms with van der Waals surface area (Å²) in [6.07, 6.45) is 2.40. The largest absolute Gasteiger partial charge is 0.336 e. The molecule has 0 unspecified atom stereocenters. The molecule has 6 heteroatoms. The van der Waals surface area contributed by atoms with Crippen molar-refractivity contribution in [1.29, 1.82) is 0 Å². The van der Waals surface area contributed by atoms with Crippen LogP contribution in [0.4, 0.5) is 5.69 Å². The number of rotatable bonds is 6. The fraction of sp³-hybridized carbons (Fsp3) is 0.385. The minimum atomic E-state index is -0.220. The van der Waals surface area contributed by atoms with Crippen LogP contribution in [0.3, 0.4) is 0 Å². The summed E-state index contributed by atoms with van der Waals surface area (Å²) in [6, 6.07) is 6.83. The number of thioether (sulfide) groups is 1. The standard InChI is InChI=1S/C13H17ClN2O2S/c1-16(13(18)7-8-19-2)9-12(17)15-11-5-3-10(14)4-6-11/h3-6H,7-9H2,1-2H3,(H,15,17). The summed E-state index contributed by atoms with van der Waals surface area (Å²) in [5, 5.41) is 3.33. The first kappa shape index (κ1) is 15.9. The van der Waals surface area contributed by atoms with Crippen molar-refractivity contribution in [3.05, 3.63) is 29.3 Å². The predicted octanol–water partition coefficient (Wildman–Crippen LogP) is 2.49. The number of anilines is 1. The van der Waals surface area contributed by atoms with E-state index in [0.29, 0.717) is 17.1 Å². The van der Waals surface area contributed by atoms with E-state index in [1.54, 1.807) is 43.1 Å². The average Bonchev–Trinajstić information content (AvgIpc) is 2.38. The first-order valence-corrected chi connectivity index (χ1v) is 7.58. The van der Waals surface area contributed by atoms with Gasteiger partial charge >= 0.3 is 0 Å². The van der Waals surface area contributed by atoms with Gasteiger partial charge in [-0.1, -0.05) is 11.6 Å². The maximum atomic E-state index is 11.7. The molecular formula is C13H17ClN2O2S. The summed E-state index contributed by atoms with van der Waals surface area (Å²) in [6.45, 7) is 0.0514. The van der Waals surface area contributed by atoms with Crippen LogP contribution in [0.5, 0.6) is 0 Å². The third-order valence-electron chi connectivity index (χ3n) is 2.45. The van der Waals surface area contributed by atoms with E-state index in [4.69, 9.17) is 11.6 Å². The van der Waals surface area contributed by atoms with Crippen molar-refractivity contribution in [1.82, 2.24) is 4.90 Å². The maximum absolute atomic E-state index is 11.7. The molecule has 0 aliphatic rings. The molecule has 0 radical (unpaired) electrons. The lowest BCUT2D eigenvalue weighted by Gasteiger charge is -2.16. The Bertz CT molecular complexity index is 437.